The highest BCUT2D eigenvalue weighted by molar-refractivity contribution is 8.00. The number of amides is 1. The van der Waals surface area contributed by atoms with E-state index in [2.05, 4.69) is 17.2 Å². The summed E-state index contributed by atoms with van der Waals surface area (Å²) < 4.78 is 2.23. The minimum Gasteiger partial charge on any atom is -0.325 e. The van der Waals surface area contributed by atoms with Crippen LogP contribution in [0.2, 0.25) is 0 Å². The van der Waals surface area contributed by atoms with E-state index < -0.39 is 0 Å². The molecule has 0 spiro atoms. The minimum atomic E-state index is -0.390. The second-order valence-electron chi connectivity index (χ2n) is 7.30. The second kappa shape index (κ2) is 10.1. The lowest BCUT2D eigenvalue weighted by Crippen LogP contribution is -2.28. The Bertz CT molecular complexity index is 1270. The first-order chi connectivity index (χ1) is 15.6. The fourth-order valence-electron chi connectivity index (χ4n) is 3.30. The number of thiophene rings is 1. The van der Waals surface area contributed by atoms with E-state index in [4.69, 9.17) is 4.98 Å². The van der Waals surface area contributed by atoms with Gasteiger partial charge in [-0.3, -0.25) is 19.1 Å². The molecule has 1 N–H and O–H groups in total. The number of carbonyl (C=O) groups excluding carboxylic acids is 1. The van der Waals surface area contributed by atoms with E-state index in [-0.39, 0.29) is 16.7 Å². The van der Waals surface area contributed by atoms with Crippen LogP contribution in [-0.2, 0) is 17.8 Å². The number of thioether (sulfide) groups is 1. The number of hydrogen-bond donors (Lipinski definition) is 1. The molecule has 3 heterocycles. The van der Waals surface area contributed by atoms with Gasteiger partial charge in [-0.1, -0.05) is 43.8 Å². The molecule has 0 saturated heterocycles. The van der Waals surface area contributed by atoms with E-state index >= 15 is 0 Å². The molecule has 0 radical (unpaired) electrons. The third kappa shape index (κ3) is 4.92. The van der Waals surface area contributed by atoms with Crippen LogP contribution < -0.4 is 10.9 Å². The highest BCUT2D eigenvalue weighted by Gasteiger charge is 2.22. The topological polar surface area (TPSA) is 76.9 Å². The third-order valence-electron chi connectivity index (χ3n) is 5.12. The predicted octanol–water partition coefficient (Wildman–Crippen LogP) is 4.97. The van der Waals surface area contributed by atoms with Crippen LogP contribution in [0.25, 0.3) is 10.2 Å². The summed E-state index contributed by atoms with van der Waals surface area (Å²) in [7, 11) is 0. The molecule has 4 aromatic rings. The normalized spacial score (nSPS) is 12.1. The Morgan fingerprint density at radius 1 is 1.16 bits per heavy atom. The van der Waals surface area contributed by atoms with Gasteiger partial charge in [0.2, 0.25) is 5.91 Å². The van der Waals surface area contributed by atoms with Gasteiger partial charge >= 0.3 is 0 Å². The molecule has 1 atom stereocenters. The zero-order valence-corrected chi connectivity index (χ0v) is 19.6. The average molecular weight is 465 g/mol. The lowest BCUT2D eigenvalue weighted by molar-refractivity contribution is -0.115. The van der Waals surface area contributed by atoms with Crippen LogP contribution in [0.4, 0.5) is 5.69 Å². The summed E-state index contributed by atoms with van der Waals surface area (Å²) in [5.74, 6) is -0.106. The molecule has 164 valence electrons. The largest absolute Gasteiger partial charge is 0.325 e. The quantitative estimate of drug-likeness (QED) is 0.294. The fourth-order valence-corrected chi connectivity index (χ4v) is 5.09. The first-order valence-electron chi connectivity index (χ1n) is 10.5. The molecular formula is C24H24N4O2S2. The SMILES string of the molecule is CCc1ccc(NC(=O)C(CC)Sc2nc3ccsc3c(=O)n2Cc2ccccn2)cc1. The Morgan fingerprint density at radius 3 is 2.66 bits per heavy atom. The van der Waals surface area contributed by atoms with Crippen molar-refractivity contribution in [2.24, 2.45) is 0 Å². The van der Waals surface area contributed by atoms with Gasteiger partial charge in [-0.15, -0.1) is 11.3 Å². The molecule has 4 rings (SSSR count). The smallest absolute Gasteiger partial charge is 0.272 e. The van der Waals surface area contributed by atoms with Gasteiger partial charge in [0.05, 0.1) is 23.0 Å². The molecule has 1 unspecified atom stereocenters. The number of rotatable bonds is 8. The van der Waals surface area contributed by atoms with Crippen LogP contribution in [-0.4, -0.2) is 25.7 Å². The Balaban J connectivity index is 1.62. The van der Waals surface area contributed by atoms with Crippen LogP contribution >= 0.6 is 23.1 Å². The van der Waals surface area contributed by atoms with Crippen molar-refractivity contribution in [3.05, 3.63) is 81.7 Å². The molecule has 0 bridgehead atoms. The van der Waals surface area contributed by atoms with Crippen molar-refractivity contribution in [3.8, 4) is 0 Å². The molecule has 1 aromatic carbocycles. The van der Waals surface area contributed by atoms with Crippen LogP contribution in [0.15, 0.2) is 70.1 Å². The van der Waals surface area contributed by atoms with Gasteiger partial charge in [-0.05, 0) is 54.1 Å². The molecule has 0 aliphatic rings. The van der Waals surface area contributed by atoms with Crippen molar-refractivity contribution in [1.82, 2.24) is 14.5 Å². The van der Waals surface area contributed by atoms with Crippen molar-refractivity contribution < 1.29 is 4.79 Å². The Labute approximate surface area is 194 Å². The van der Waals surface area contributed by atoms with Gasteiger partial charge in [-0.2, -0.15) is 0 Å². The summed E-state index contributed by atoms with van der Waals surface area (Å²) in [6, 6.07) is 15.3. The number of aryl methyl sites for hydroxylation is 1. The first kappa shape index (κ1) is 22.2. The van der Waals surface area contributed by atoms with Gasteiger partial charge in [0.15, 0.2) is 5.16 Å². The molecule has 32 heavy (non-hydrogen) atoms. The maximum absolute atomic E-state index is 13.2. The highest BCUT2D eigenvalue weighted by Crippen LogP contribution is 2.27. The Kier molecular flexibility index (Phi) is 7.02. The molecule has 3 aromatic heterocycles. The van der Waals surface area contributed by atoms with E-state index in [1.54, 1.807) is 10.8 Å². The number of carbonyl (C=O) groups is 1. The van der Waals surface area contributed by atoms with E-state index in [0.717, 1.165) is 17.8 Å². The first-order valence-corrected chi connectivity index (χ1v) is 12.3. The zero-order chi connectivity index (χ0) is 22.5. The molecule has 0 aliphatic carbocycles. The molecule has 1 amide bonds. The maximum atomic E-state index is 13.2. The summed E-state index contributed by atoms with van der Waals surface area (Å²) in [6.07, 6.45) is 3.26. The molecule has 0 aliphatic heterocycles. The summed E-state index contributed by atoms with van der Waals surface area (Å²) in [4.78, 5) is 35.3. The lowest BCUT2D eigenvalue weighted by atomic mass is 10.1. The summed E-state index contributed by atoms with van der Waals surface area (Å²) in [6.45, 7) is 4.36. The standard InChI is InChI=1S/C24H24N4O2S2/c1-3-16-8-10-17(11-9-16)26-22(29)20(4-2)32-24-27-19-12-14-31-21(19)23(30)28(24)15-18-7-5-6-13-25-18/h5-14,20H,3-4,15H2,1-2H3,(H,26,29). The van der Waals surface area contributed by atoms with E-state index in [0.29, 0.717) is 28.3 Å². The van der Waals surface area contributed by atoms with Crippen molar-refractivity contribution in [2.75, 3.05) is 5.32 Å². The van der Waals surface area contributed by atoms with Gasteiger partial charge in [0, 0.05) is 11.9 Å². The number of fused-ring (bicyclic) bond motifs is 1. The van der Waals surface area contributed by atoms with Crippen LogP contribution in [0.3, 0.4) is 0 Å². The number of hydrogen-bond acceptors (Lipinski definition) is 6. The number of nitrogens with zero attached hydrogens (tertiary/aromatic N) is 3. The van der Waals surface area contributed by atoms with Crippen LogP contribution in [0.1, 0.15) is 31.5 Å². The van der Waals surface area contributed by atoms with Gasteiger partial charge in [0.25, 0.3) is 5.56 Å². The number of benzene rings is 1. The fraction of sp³-hybridized carbons (Fsp3) is 0.250. The van der Waals surface area contributed by atoms with Crippen LogP contribution in [0.5, 0.6) is 0 Å². The van der Waals surface area contributed by atoms with Crippen molar-refractivity contribution in [3.63, 3.8) is 0 Å². The maximum Gasteiger partial charge on any atom is 0.272 e. The Hall–Kier alpha value is -2.97. The highest BCUT2D eigenvalue weighted by atomic mass is 32.2. The van der Waals surface area contributed by atoms with Gasteiger partial charge in [-0.25, -0.2) is 4.98 Å². The number of aromatic nitrogens is 3. The van der Waals surface area contributed by atoms with Crippen molar-refractivity contribution >= 4 is 44.9 Å². The lowest BCUT2D eigenvalue weighted by Gasteiger charge is -2.17. The van der Waals surface area contributed by atoms with Gasteiger partial charge in [0.1, 0.15) is 4.70 Å². The second-order valence-corrected chi connectivity index (χ2v) is 9.38. The molecule has 0 fully saturated rings. The summed E-state index contributed by atoms with van der Waals surface area (Å²) in [5, 5.41) is 4.99. The predicted molar refractivity (Wildman–Crippen MR) is 132 cm³/mol. The molecular weight excluding hydrogens is 440 g/mol. The van der Waals surface area contributed by atoms with Crippen LogP contribution in [0, 0.1) is 0 Å². The number of nitrogens with one attached hydrogen (secondary N) is 1. The monoisotopic (exact) mass is 464 g/mol. The zero-order valence-electron chi connectivity index (χ0n) is 17.9. The molecule has 8 heteroatoms. The third-order valence-corrected chi connectivity index (χ3v) is 7.36. The minimum absolute atomic E-state index is 0.106. The molecule has 6 nitrogen and oxygen atoms in total. The van der Waals surface area contributed by atoms with Crippen molar-refractivity contribution in [2.45, 2.75) is 43.6 Å². The van der Waals surface area contributed by atoms with Gasteiger partial charge < -0.3 is 5.32 Å². The van der Waals surface area contributed by atoms with E-state index in [9.17, 15) is 9.59 Å². The Morgan fingerprint density at radius 2 is 1.97 bits per heavy atom. The summed E-state index contributed by atoms with van der Waals surface area (Å²) in [5.41, 5.74) is 3.30. The average Bonchev–Trinajstić information content (AvgIpc) is 3.29. The number of pyridine rings is 1. The summed E-state index contributed by atoms with van der Waals surface area (Å²) >= 11 is 2.70. The van der Waals surface area contributed by atoms with Crippen molar-refractivity contribution in [1.29, 1.82) is 0 Å². The molecule has 0 saturated carbocycles. The van der Waals surface area contributed by atoms with E-state index in [1.165, 1.54) is 28.7 Å². The number of anilines is 1. The van der Waals surface area contributed by atoms with E-state index in [1.807, 2.05) is 60.8 Å².